The van der Waals surface area contributed by atoms with Crippen LogP contribution in [0.25, 0.3) is 11.5 Å². The SMILES string of the molecule is O=S(=O)(Cc1ccccc1)N1CCN(Cc2noc(-c3ccsc3)n2)CC1. The molecule has 0 aliphatic carbocycles. The molecule has 9 heteroatoms. The lowest BCUT2D eigenvalue weighted by Gasteiger charge is -2.33. The van der Waals surface area contributed by atoms with Crippen LogP contribution in [-0.2, 0) is 22.3 Å². The van der Waals surface area contributed by atoms with Crippen LogP contribution < -0.4 is 0 Å². The highest BCUT2D eigenvalue weighted by Crippen LogP contribution is 2.20. The van der Waals surface area contributed by atoms with Crippen molar-refractivity contribution in [1.82, 2.24) is 19.3 Å². The fourth-order valence-electron chi connectivity index (χ4n) is 3.06. The van der Waals surface area contributed by atoms with Gasteiger partial charge in [0.1, 0.15) is 0 Å². The topological polar surface area (TPSA) is 79.5 Å². The predicted molar refractivity (Wildman–Crippen MR) is 104 cm³/mol. The third-order valence-electron chi connectivity index (χ3n) is 4.52. The fourth-order valence-corrected chi connectivity index (χ4v) is 5.21. The highest BCUT2D eigenvalue weighted by atomic mass is 32.2. The van der Waals surface area contributed by atoms with Crippen molar-refractivity contribution in [3.8, 4) is 11.5 Å². The van der Waals surface area contributed by atoms with Crippen molar-refractivity contribution in [2.24, 2.45) is 0 Å². The fraction of sp³-hybridized carbons (Fsp3) is 0.333. The number of aromatic nitrogens is 2. The van der Waals surface area contributed by atoms with Gasteiger partial charge in [-0.3, -0.25) is 4.90 Å². The second-order valence-corrected chi connectivity index (χ2v) is 9.19. The van der Waals surface area contributed by atoms with Gasteiger partial charge < -0.3 is 4.52 Å². The Hall–Kier alpha value is -2.07. The summed E-state index contributed by atoms with van der Waals surface area (Å²) in [6, 6.07) is 11.2. The number of thiophene rings is 1. The van der Waals surface area contributed by atoms with E-state index in [9.17, 15) is 8.42 Å². The molecule has 0 saturated carbocycles. The monoisotopic (exact) mass is 404 g/mol. The van der Waals surface area contributed by atoms with E-state index in [0.29, 0.717) is 44.4 Å². The standard InChI is InChI=1S/C18H20N4O3S2/c23-27(24,14-15-4-2-1-3-5-15)22-9-7-21(8-10-22)12-17-19-18(25-20-17)16-6-11-26-13-16/h1-6,11,13H,7-10,12,14H2. The van der Waals surface area contributed by atoms with Gasteiger partial charge >= 0.3 is 0 Å². The van der Waals surface area contributed by atoms with Crippen LogP contribution in [0.3, 0.4) is 0 Å². The summed E-state index contributed by atoms with van der Waals surface area (Å²) in [5, 5.41) is 7.97. The number of hydrogen-bond donors (Lipinski definition) is 0. The molecule has 1 aromatic carbocycles. The van der Waals surface area contributed by atoms with E-state index < -0.39 is 10.0 Å². The summed E-state index contributed by atoms with van der Waals surface area (Å²) >= 11 is 1.58. The molecule has 1 aliphatic heterocycles. The van der Waals surface area contributed by atoms with Crippen molar-refractivity contribution < 1.29 is 12.9 Å². The first kappa shape index (κ1) is 18.3. The third-order valence-corrected chi connectivity index (χ3v) is 7.05. The molecular weight excluding hydrogens is 384 g/mol. The van der Waals surface area contributed by atoms with E-state index in [1.165, 1.54) is 0 Å². The first-order valence-electron chi connectivity index (χ1n) is 8.69. The summed E-state index contributed by atoms with van der Waals surface area (Å²) in [5.74, 6) is 1.19. The molecule has 142 valence electrons. The van der Waals surface area contributed by atoms with Gasteiger partial charge in [0.2, 0.25) is 10.0 Å². The van der Waals surface area contributed by atoms with E-state index in [1.807, 2.05) is 47.2 Å². The Labute approximate surface area is 162 Å². The minimum atomic E-state index is -3.30. The van der Waals surface area contributed by atoms with E-state index in [4.69, 9.17) is 4.52 Å². The average Bonchev–Trinajstić information content (AvgIpc) is 3.34. The minimum absolute atomic E-state index is 0.0443. The molecule has 1 aliphatic rings. The maximum Gasteiger partial charge on any atom is 0.258 e. The van der Waals surface area contributed by atoms with Gasteiger partial charge in [-0.25, -0.2) is 8.42 Å². The van der Waals surface area contributed by atoms with Crippen molar-refractivity contribution >= 4 is 21.4 Å². The van der Waals surface area contributed by atoms with Crippen LogP contribution >= 0.6 is 11.3 Å². The van der Waals surface area contributed by atoms with Crippen LogP contribution in [-0.4, -0.2) is 53.9 Å². The zero-order chi connectivity index (χ0) is 18.7. The minimum Gasteiger partial charge on any atom is -0.334 e. The molecule has 0 N–H and O–H groups in total. The van der Waals surface area contributed by atoms with Crippen molar-refractivity contribution in [2.45, 2.75) is 12.3 Å². The van der Waals surface area contributed by atoms with Crippen LogP contribution in [0, 0.1) is 0 Å². The number of hydrogen-bond acceptors (Lipinski definition) is 7. The Morgan fingerprint density at radius 2 is 1.85 bits per heavy atom. The van der Waals surface area contributed by atoms with Gasteiger partial charge in [0.25, 0.3) is 5.89 Å². The van der Waals surface area contributed by atoms with E-state index in [2.05, 4.69) is 15.0 Å². The van der Waals surface area contributed by atoms with Gasteiger partial charge in [-0.1, -0.05) is 35.5 Å². The molecule has 0 spiro atoms. The summed E-state index contributed by atoms with van der Waals surface area (Å²) in [7, 11) is -3.30. The molecule has 27 heavy (non-hydrogen) atoms. The van der Waals surface area contributed by atoms with Crippen LogP contribution in [0.4, 0.5) is 0 Å². The molecule has 0 amide bonds. The smallest absolute Gasteiger partial charge is 0.258 e. The molecule has 0 atom stereocenters. The quantitative estimate of drug-likeness (QED) is 0.628. The van der Waals surface area contributed by atoms with Gasteiger partial charge in [-0.15, -0.1) is 0 Å². The van der Waals surface area contributed by atoms with E-state index in [-0.39, 0.29) is 5.75 Å². The van der Waals surface area contributed by atoms with Gasteiger partial charge in [0.15, 0.2) is 5.82 Å². The van der Waals surface area contributed by atoms with Crippen LogP contribution in [0.5, 0.6) is 0 Å². The van der Waals surface area contributed by atoms with E-state index in [1.54, 1.807) is 15.6 Å². The first-order chi connectivity index (χ1) is 13.1. The summed E-state index contributed by atoms with van der Waals surface area (Å²) < 4.78 is 32.1. The van der Waals surface area contributed by atoms with Crippen molar-refractivity contribution in [1.29, 1.82) is 0 Å². The Morgan fingerprint density at radius 1 is 1.07 bits per heavy atom. The molecule has 1 saturated heterocycles. The Balaban J connectivity index is 1.32. The highest BCUT2D eigenvalue weighted by Gasteiger charge is 2.27. The lowest BCUT2D eigenvalue weighted by atomic mass is 10.2. The maximum atomic E-state index is 12.6. The molecule has 3 aromatic rings. The molecule has 2 aromatic heterocycles. The van der Waals surface area contributed by atoms with Crippen LogP contribution in [0.2, 0.25) is 0 Å². The number of piperazine rings is 1. The lowest BCUT2D eigenvalue weighted by Crippen LogP contribution is -2.48. The molecule has 0 radical (unpaired) electrons. The van der Waals surface area contributed by atoms with Gasteiger partial charge in [0.05, 0.1) is 17.9 Å². The van der Waals surface area contributed by atoms with Gasteiger partial charge in [0, 0.05) is 31.6 Å². The Kier molecular flexibility index (Phi) is 5.35. The molecule has 3 heterocycles. The second kappa shape index (κ2) is 7.89. The lowest BCUT2D eigenvalue weighted by molar-refractivity contribution is 0.176. The molecule has 0 bridgehead atoms. The van der Waals surface area contributed by atoms with Crippen molar-refractivity contribution in [3.63, 3.8) is 0 Å². The number of rotatable bonds is 6. The number of nitrogens with zero attached hydrogens (tertiary/aromatic N) is 4. The molecule has 0 unspecified atom stereocenters. The number of benzene rings is 1. The zero-order valence-corrected chi connectivity index (χ0v) is 16.3. The zero-order valence-electron chi connectivity index (χ0n) is 14.7. The summed E-state index contributed by atoms with van der Waals surface area (Å²) in [6.45, 7) is 2.81. The third kappa shape index (κ3) is 4.44. The van der Waals surface area contributed by atoms with Crippen LogP contribution in [0.15, 0.2) is 51.7 Å². The van der Waals surface area contributed by atoms with Crippen LogP contribution in [0.1, 0.15) is 11.4 Å². The highest BCUT2D eigenvalue weighted by molar-refractivity contribution is 7.88. The summed E-state index contributed by atoms with van der Waals surface area (Å²) in [4.78, 5) is 6.58. The van der Waals surface area contributed by atoms with Gasteiger partial charge in [-0.05, 0) is 17.0 Å². The molecule has 4 rings (SSSR count). The molecule has 1 fully saturated rings. The van der Waals surface area contributed by atoms with E-state index in [0.717, 1.165) is 11.1 Å². The average molecular weight is 405 g/mol. The predicted octanol–water partition coefficient (Wildman–Crippen LogP) is 2.45. The molecular formula is C18H20N4O3S2. The molecule has 7 nitrogen and oxygen atoms in total. The Bertz CT molecular complexity index is 963. The summed E-state index contributed by atoms with van der Waals surface area (Å²) in [6.07, 6.45) is 0. The largest absolute Gasteiger partial charge is 0.334 e. The van der Waals surface area contributed by atoms with Crippen molar-refractivity contribution in [2.75, 3.05) is 26.2 Å². The summed E-state index contributed by atoms with van der Waals surface area (Å²) in [5.41, 5.74) is 1.74. The van der Waals surface area contributed by atoms with E-state index >= 15 is 0 Å². The normalized spacial score (nSPS) is 16.6. The second-order valence-electron chi connectivity index (χ2n) is 6.44. The first-order valence-corrected chi connectivity index (χ1v) is 11.2. The van der Waals surface area contributed by atoms with Gasteiger partial charge in [-0.2, -0.15) is 20.6 Å². The van der Waals surface area contributed by atoms with Crippen molar-refractivity contribution in [3.05, 3.63) is 58.5 Å². The Morgan fingerprint density at radius 3 is 2.56 bits per heavy atom. The maximum absolute atomic E-state index is 12.6. The number of sulfonamides is 1.